The lowest BCUT2D eigenvalue weighted by molar-refractivity contribution is -0.140. The standard InChI is InChI=1S/C18H15P.C4H8O2.C2H4O2/c1-4-10-16(11-5-1)19(17-12-6-2-7-13-17)18-14-8-3-9-15-18;1-3-6-4(2)5;1-2(3)4/h1-15H;3H2,1-2H3;1H3,(H,3,4). The van der Waals surface area contributed by atoms with Crippen LogP contribution in [-0.4, -0.2) is 23.7 Å². The van der Waals surface area contributed by atoms with Gasteiger partial charge in [-0.05, 0) is 30.8 Å². The largest absolute Gasteiger partial charge is 0.481 e. The minimum atomic E-state index is -0.833. The van der Waals surface area contributed by atoms with Crippen LogP contribution in [0.4, 0.5) is 0 Å². The molecule has 0 aliphatic heterocycles. The molecule has 152 valence electrons. The number of benzene rings is 3. The van der Waals surface area contributed by atoms with E-state index in [1.54, 1.807) is 6.92 Å². The van der Waals surface area contributed by atoms with E-state index in [0.717, 1.165) is 6.92 Å². The first-order valence-corrected chi connectivity index (χ1v) is 10.6. The lowest BCUT2D eigenvalue weighted by Crippen LogP contribution is -2.20. The molecule has 0 bridgehead atoms. The fourth-order valence-corrected chi connectivity index (χ4v) is 4.69. The summed E-state index contributed by atoms with van der Waals surface area (Å²) in [7, 11) is -0.446. The van der Waals surface area contributed by atoms with Crippen molar-refractivity contribution in [1.82, 2.24) is 0 Å². The number of esters is 1. The second-order valence-electron chi connectivity index (χ2n) is 5.79. The molecule has 0 aromatic heterocycles. The quantitative estimate of drug-likeness (QED) is 0.520. The van der Waals surface area contributed by atoms with Crippen LogP contribution in [0, 0.1) is 0 Å². The predicted molar refractivity (Wildman–Crippen MR) is 121 cm³/mol. The molecule has 0 atom stereocenters. The predicted octanol–water partition coefficient (Wildman–Crippen LogP) is 4.11. The van der Waals surface area contributed by atoms with Gasteiger partial charge in [0.15, 0.2) is 0 Å². The lowest BCUT2D eigenvalue weighted by atomic mass is 10.4. The number of carboxylic acid groups (broad SMARTS) is 1. The SMILES string of the molecule is CC(=O)O.CCOC(C)=O.c1ccc(P(c2ccccc2)c2ccccc2)cc1. The smallest absolute Gasteiger partial charge is 0.302 e. The van der Waals surface area contributed by atoms with Gasteiger partial charge in [0.25, 0.3) is 5.97 Å². The van der Waals surface area contributed by atoms with Crippen LogP contribution in [0.3, 0.4) is 0 Å². The van der Waals surface area contributed by atoms with Crippen molar-refractivity contribution in [3.8, 4) is 0 Å². The fourth-order valence-electron chi connectivity index (χ4n) is 2.38. The van der Waals surface area contributed by atoms with Crippen molar-refractivity contribution in [2.24, 2.45) is 0 Å². The summed E-state index contributed by atoms with van der Waals surface area (Å²) in [5, 5.41) is 11.6. The molecule has 0 fully saturated rings. The summed E-state index contributed by atoms with van der Waals surface area (Å²) in [5.41, 5.74) is 0. The summed E-state index contributed by atoms with van der Waals surface area (Å²) >= 11 is 0. The molecule has 0 saturated heterocycles. The Balaban J connectivity index is 0.000000353. The summed E-state index contributed by atoms with van der Waals surface area (Å²) in [6.45, 7) is 4.74. The van der Waals surface area contributed by atoms with Gasteiger partial charge in [0.2, 0.25) is 0 Å². The Morgan fingerprint density at radius 1 is 0.724 bits per heavy atom. The van der Waals surface area contributed by atoms with Crippen LogP contribution < -0.4 is 15.9 Å². The van der Waals surface area contributed by atoms with Gasteiger partial charge in [-0.3, -0.25) is 9.59 Å². The molecule has 0 radical (unpaired) electrons. The van der Waals surface area contributed by atoms with Gasteiger partial charge in [0.05, 0.1) is 6.61 Å². The van der Waals surface area contributed by atoms with Crippen LogP contribution in [0.25, 0.3) is 0 Å². The summed E-state index contributed by atoms with van der Waals surface area (Å²) in [4.78, 5) is 18.8. The van der Waals surface area contributed by atoms with Gasteiger partial charge in [-0.2, -0.15) is 0 Å². The van der Waals surface area contributed by atoms with Gasteiger partial charge >= 0.3 is 5.97 Å². The van der Waals surface area contributed by atoms with Crippen molar-refractivity contribution in [1.29, 1.82) is 0 Å². The van der Waals surface area contributed by atoms with E-state index < -0.39 is 13.9 Å². The third-order valence-corrected chi connectivity index (χ3v) is 5.83. The van der Waals surface area contributed by atoms with E-state index in [2.05, 4.69) is 95.7 Å². The zero-order valence-electron chi connectivity index (χ0n) is 17.0. The Kier molecular flexibility index (Phi) is 11.7. The highest BCUT2D eigenvalue weighted by Crippen LogP contribution is 2.32. The van der Waals surface area contributed by atoms with Gasteiger partial charge in [-0.15, -0.1) is 0 Å². The first-order valence-electron chi connectivity index (χ1n) is 9.23. The van der Waals surface area contributed by atoms with Gasteiger partial charge in [0.1, 0.15) is 0 Å². The Morgan fingerprint density at radius 2 is 1.00 bits per heavy atom. The molecular weight excluding hydrogens is 383 g/mol. The van der Waals surface area contributed by atoms with E-state index in [1.165, 1.54) is 22.8 Å². The summed E-state index contributed by atoms with van der Waals surface area (Å²) in [5.74, 6) is -1.04. The molecule has 5 heteroatoms. The Hall–Kier alpha value is -2.97. The molecule has 0 spiro atoms. The summed E-state index contributed by atoms with van der Waals surface area (Å²) in [6.07, 6.45) is 0. The number of carbonyl (C=O) groups excluding carboxylic acids is 1. The molecule has 0 heterocycles. The molecule has 1 N–H and O–H groups in total. The second-order valence-corrected chi connectivity index (χ2v) is 8.01. The summed E-state index contributed by atoms with van der Waals surface area (Å²) < 4.78 is 4.40. The van der Waals surface area contributed by atoms with Crippen LogP contribution >= 0.6 is 7.92 Å². The van der Waals surface area contributed by atoms with Crippen molar-refractivity contribution in [2.45, 2.75) is 20.8 Å². The van der Waals surface area contributed by atoms with E-state index >= 15 is 0 Å². The Bertz CT molecular complexity index is 739. The Labute approximate surface area is 173 Å². The third-order valence-electron chi connectivity index (χ3n) is 3.39. The zero-order valence-corrected chi connectivity index (χ0v) is 17.9. The molecule has 0 unspecified atom stereocenters. The number of rotatable bonds is 4. The van der Waals surface area contributed by atoms with Crippen LogP contribution in [-0.2, 0) is 14.3 Å². The molecule has 0 aliphatic carbocycles. The first kappa shape index (κ1) is 24.1. The van der Waals surface area contributed by atoms with Gasteiger partial charge in [-0.25, -0.2) is 0 Å². The molecule has 4 nitrogen and oxygen atoms in total. The molecule has 0 saturated carbocycles. The van der Waals surface area contributed by atoms with E-state index in [4.69, 9.17) is 9.90 Å². The van der Waals surface area contributed by atoms with E-state index in [1.807, 2.05) is 0 Å². The van der Waals surface area contributed by atoms with Crippen molar-refractivity contribution >= 4 is 35.8 Å². The van der Waals surface area contributed by atoms with Gasteiger partial charge in [0, 0.05) is 13.8 Å². The molecular formula is C24H27O4P. The normalized spacial score (nSPS) is 9.38. The van der Waals surface area contributed by atoms with Crippen LogP contribution in [0.5, 0.6) is 0 Å². The molecule has 3 rings (SSSR count). The van der Waals surface area contributed by atoms with Gasteiger partial charge < -0.3 is 9.84 Å². The number of hydrogen-bond acceptors (Lipinski definition) is 3. The molecule has 3 aromatic rings. The van der Waals surface area contributed by atoms with Crippen LogP contribution in [0.2, 0.25) is 0 Å². The summed E-state index contributed by atoms with van der Waals surface area (Å²) in [6, 6.07) is 32.3. The third kappa shape index (κ3) is 10.2. The van der Waals surface area contributed by atoms with E-state index in [9.17, 15) is 4.79 Å². The average Bonchev–Trinajstić information content (AvgIpc) is 2.71. The van der Waals surface area contributed by atoms with E-state index in [0.29, 0.717) is 6.61 Å². The Morgan fingerprint density at radius 3 is 1.17 bits per heavy atom. The van der Waals surface area contributed by atoms with Crippen LogP contribution in [0.15, 0.2) is 91.0 Å². The highest BCUT2D eigenvalue weighted by Gasteiger charge is 2.14. The van der Waals surface area contributed by atoms with Crippen LogP contribution in [0.1, 0.15) is 20.8 Å². The maximum absolute atomic E-state index is 9.82. The van der Waals surface area contributed by atoms with E-state index in [-0.39, 0.29) is 5.97 Å². The van der Waals surface area contributed by atoms with Crippen molar-refractivity contribution in [3.63, 3.8) is 0 Å². The minimum Gasteiger partial charge on any atom is -0.481 e. The molecule has 0 amide bonds. The maximum atomic E-state index is 9.82. The number of aliphatic carboxylic acids is 1. The molecule has 0 aliphatic rings. The first-order chi connectivity index (χ1) is 14.0. The van der Waals surface area contributed by atoms with Crippen molar-refractivity contribution in [2.75, 3.05) is 6.61 Å². The average molecular weight is 410 g/mol. The highest BCUT2D eigenvalue weighted by molar-refractivity contribution is 7.79. The maximum Gasteiger partial charge on any atom is 0.302 e. The number of carboxylic acids is 1. The van der Waals surface area contributed by atoms with Crippen molar-refractivity contribution in [3.05, 3.63) is 91.0 Å². The number of ether oxygens (including phenoxy) is 1. The zero-order chi connectivity index (χ0) is 21.5. The number of carbonyl (C=O) groups is 2. The molecule has 3 aromatic carbocycles. The molecule has 29 heavy (non-hydrogen) atoms. The monoisotopic (exact) mass is 410 g/mol. The minimum absolute atomic E-state index is 0.211. The topological polar surface area (TPSA) is 63.6 Å². The number of hydrogen-bond donors (Lipinski definition) is 1. The fraction of sp³-hybridized carbons (Fsp3) is 0.167. The lowest BCUT2D eigenvalue weighted by Gasteiger charge is -2.18. The van der Waals surface area contributed by atoms with Crippen molar-refractivity contribution < 1.29 is 19.4 Å². The second kappa shape index (κ2) is 14.1. The van der Waals surface area contributed by atoms with Gasteiger partial charge in [-0.1, -0.05) is 91.0 Å². The highest BCUT2D eigenvalue weighted by atomic mass is 31.1.